The smallest absolute Gasteiger partial charge is 0.329 e. The molecule has 1 atom stereocenters. The Kier molecular flexibility index (Phi) is 6.73. The minimum atomic E-state index is -0.843. The molecular formula is C19H21N3O4. The number of carbonyl (C=O) groups excluding carboxylic acids is 2. The van der Waals surface area contributed by atoms with Crippen LogP contribution in [0.25, 0.3) is 0 Å². The first-order valence-corrected chi connectivity index (χ1v) is 7.96. The second-order valence-corrected chi connectivity index (χ2v) is 5.42. The zero-order chi connectivity index (χ0) is 18.9. The highest BCUT2D eigenvalue weighted by molar-refractivity contribution is 6.35. The number of hydrazone groups is 1. The lowest BCUT2D eigenvalue weighted by Gasteiger charge is -2.13. The molecule has 2 N–H and O–H groups in total. The van der Waals surface area contributed by atoms with E-state index >= 15 is 0 Å². The molecule has 7 nitrogen and oxygen atoms in total. The van der Waals surface area contributed by atoms with E-state index in [9.17, 15) is 9.59 Å². The maximum absolute atomic E-state index is 11.9. The van der Waals surface area contributed by atoms with Gasteiger partial charge in [-0.2, -0.15) is 5.10 Å². The van der Waals surface area contributed by atoms with E-state index in [4.69, 9.17) is 9.47 Å². The molecule has 0 aromatic heterocycles. The van der Waals surface area contributed by atoms with Gasteiger partial charge in [0.25, 0.3) is 0 Å². The fourth-order valence-corrected chi connectivity index (χ4v) is 2.24. The lowest BCUT2D eigenvalue weighted by molar-refractivity contribution is -0.139. The minimum absolute atomic E-state index is 0.288. The van der Waals surface area contributed by atoms with E-state index in [0.717, 1.165) is 5.56 Å². The third-order valence-electron chi connectivity index (χ3n) is 3.64. The first-order chi connectivity index (χ1) is 12.5. The van der Waals surface area contributed by atoms with Crippen molar-refractivity contribution in [2.24, 2.45) is 5.10 Å². The lowest BCUT2D eigenvalue weighted by atomic mass is 10.1. The third kappa shape index (κ3) is 5.07. The van der Waals surface area contributed by atoms with Gasteiger partial charge in [0.2, 0.25) is 0 Å². The predicted molar refractivity (Wildman–Crippen MR) is 98.3 cm³/mol. The van der Waals surface area contributed by atoms with Gasteiger partial charge in [-0.1, -0.05) is 30.3 Å². The average Bonchev–Trinajstić information content (AvgIpc) is 2.68. The van der Waals surface area contributed by atoms with E-state index in [1.807, 2.05) is 30.3 Å². The maximum atomic E-state index is 11.9. The lowest BCUT2D eigenvalue weighted by Crippen LogP contribution is -2.39. The molecule has 0 aliphatic heterocycles. The number of nitrogens with one attached hydrogen (secondary N) is 2. The van der Waals surface area contributed by atoms with Gasteiger partial charge in [-0.15, -0.1) is 0 Å². The SMILES string of the molecule is COc1ccc(/C=N\NC(=O)C(=O)N[C@H](C)c2ccccc2)cc1OC. The van der Waals surface area contributed by atoms with E-state index in [1.165, 1.54) is 13.3 Å². The number of ether oxygens (including phenoxy) is 2. The summed E-state index contributed by atoms with van der Waals surface area (Å²) in [6.45, 7) is 1.80. The molecule has 0 heterocycles. The summed E-state index contributed by atoms with van der Waals surface area (Å²) < 4.78 is 10.3. The summed E-state index contributed by atoms with van der Waals surface area (Å²) >= 11 is 0. The van der Waals surface area contributed by atoms with Crippen molar-refractivity contribution in [3.05, 3.63) is 59.7 Å². The van der Waals surface area contributed by atoms with Crippen molar-refractivity contribution < 1.29 is 19.1 Å². The highest BCUT2D eigenvalue weighted by atomic mass is 16.5. The molecule has 0 spiro atoms. The molecule has 26 heavy (non-hydrogen) atoms. The maximum Gasteiger partial charge on any atom is 0.329 e. The summed E-state index contributed by atoms with van der Waals surface area (Å²) in [4.78, 5) is 23.8. The van der Waals surface area contributed by atoms with E-state index in [0.29, 0.717) is 17.1 Å². The quantitative estimate of drug-likeness (QED) is 0.471. The van der Waals surface area contributed by atoms with Crippen molar-refractivity contribution in [1.82, 2.24) is 10.7 Å². The fourth-order valence-electron chi connectivity index (χ4n) is 2.24. The first-order valence-electron chi connectivity index (χ1n) is 7.96. The molecule has 0 fully saturated rings. The van der Waals surface area contributed by atoms with E-state index < -0.39 is 11.8 Å². The molecule has 7 heteroatoms. The van der Waals surface area contributed by atoms with Crippen LogP contribution in [0, 0.1) is 0 Å². The van der Waals surface area contributed by atoms with Crippen molar-refractivity contribution in [2.45, 2.75) is 13.0 Å². The zero-order valence-electron chi connectivity index (χ0n) is 14.9. The monoisotopic (exact) mass is 355 g/mol. The fraction of sp³-hybridized carbons (Fsp3) is 0.211. The number of nitrogens with zero attached hydrogens (tertiary/aromatic N) is 1. The summed E-state index contributed by atoms with van der Waals surface area (Å²) in [7, 11) is 3.07. The molecule has 2 aromatic carbocycles. The average molecular weight is 355 g/mol. The van der Waals surface area contributed by atoms with Crippen molar-refractivity contribution >= 4 is 18.0 Å². The van der Waals surface area contributed by atoms with Gasteiger partial charge in [0.15, 0.2) is 11.5 Å². The van der Waals surface area contributed by atoms with Gasteiger partial charge >= 0.3 is 11.8 Å². The van der Waals surface area contributed by atoms with Gasteiger partial charge in [-0.3, -0.25) is 9.59 Å². The summed E-state index contributed by atoms with van der Waals surface area (Å²) in [5.74, 6) is -0.476. The van der Waals surface area contributed by atoms with Crippen LogP contribution in [0.5, 0.6) is 11.5 Å². The molecule has 0 saturated heterocycles. The Labute approximate surface area is 152 Å². The largest absolute Gasteiger partial charge is 0.493 e. The van der Waals surface area contributed by atoms with Crippen LogP contribution in [0.15, 0.2) is 53.6 Å². The molecule has 136 valence electrons. The van der Waals surface area contributed by atoms with E-state index in [1.54, 1.807) is 32.2 Å². The summed E-state index contributed by atoms with van der Waals surface area (Å²) in [6.07, 6.45) is 1.41. The van der Waals surface area contributed by atoms with Crippen LogP contribution >= 0.6 is 0 Å². The molecule has 0 saturated carbocycles. The Morgan fingerprint density at radius 2 is 1.69 bits per heavy atom. The van der Waals surface area contributed by atoms with Crippen molar-refractivity contribution in [3.63, 3.8) is 0 Å². The topological polar surface area (TPSA) is 89.0 Å². The molecule has 0 aliphatic rings. The summed E-state index contributed by atoms with van der Waals surface area (Å²) in [6, 6.07) is 14.2. The molecular weight excluding hydrogens is 334 g/mol. The van der Waals surface area contributed by atoms with Crippen LogP contribution in [0.2, 0.25) is 0 Å². The minimum Gasteiger partial charge on any atom is -0.493 e. The number of hydrogen-bond acceptors (Lipinski definition) is 5. The number of benzene rings is 2. The normalized spacial score (nSPS) is 11.7. The Bertz CT molecular complexity index is 791. The van der Waals surface area contributed by atoms with Crippen LogP contribution in [0.1, 0.15) is 24.1 Å². The molecule has 2 rings (SSSR count). The number of rotatable bonds is 6. The zero-order valence-corrected chi connectivity index (χ0v) is 14.9. The van der Waals surface area contributed by atoms with E-state index in [-0.39, 0.29) is 6.04 Å². The number of methoxy groups -OCH3 is 2. The number of amides is 2. The Hall–Kier alpha value is -3.35. The molecule has 2 amide bonds. The molecule has 0 unspecified atom stereocenters. The van der Waals surface area contributed by atoms with Crippen LogP contribution in [-0.4, -0.2) is 32.2 Å². The number of hydrogen-bond donors (Lipinski definition) is 2. The second-order valence-electron chi connectivity index (χ2n) is 5.42. The molecule has 0 bridgehead atoms. The van der Waals surface area contributed by atoms with Gasteiger partial charge in [0, 0.05) is 0 Å². The van der Waals surface area contributed by atoms with Crippen LogP contribution in [0.4, 0.5) is 0 Å². The Balaban J connectivity index is 1.91. The highest BCUT2D eigenvalue weighted by Gasteiger charge is 2.16. The first kappa shape index (κ1) is 19.0. The van der Waals surface area contributed by atoms with Crippen LogP contribution < -0.4 is 20.2 Å². The van der Waals surface area contributed by atoms with Gasteiger partial charge < -0.3 is 14.8 Å². The van der Waals surface area contributed by atoms with Gasteiger partial charge in [-0.25, -0.2) is 5.43 Å². The van der Waals surface area contributed by atoms with Crippen LogP contribution in [0.3, 0.4) is 0 Å². The third-order valence-corrected chi connectivity index (χ3v) is 3.64. The van der Waals surface area contributed by atoms with E-state index in [2.05, 4.69) is 15.8 Å². The van der Waals surface area contributed by atoms with Gasteiger partial charge in [-0.05, 0) is 36.2 Å². The van der Waals surface area contributed by atoms with Crippen molar-refractivity contribution in [1.29, 1.82) is 0 Å². The second kappa shape index (κ2) is 9.22. The standard InChI is InChI=1S/C19H21N3O4/c1-13(15-7-5-4-6-8-15)21-18(23)19(24)22-20-12-14-9-10-16(25-2)17(11-14)26-3/h4-13H,1-3H3,(H,21,23)(H,22,24)/b20-12-/t13-/m1/s1. The molecule has 0 aliphatic carbocycles. The van der Waals surface area contributed by atoms with Gasteiger partial charge in [0.1, 0.15) is 0 Å². The summed E-state index contributed by atoms with van der Waals surface area (Å²) in [5.41, 5.74) is 3.79. The Morgan fingerprint density at radius 3 is 2.35 bits per heavy atom. The summed E-state index contributed by atoms with van der Waals surface area (Å²) in [5, 5.41) is 6.41. The highest BCUT2D eigenvalue weighted by Crippen LogP contribution is 2.26. The van der Waals surface area contributed by atoms with Crippen molar-refractivity contribution in [3.8, 4) is 11.5 Å². The van der Waals surface area contributed by atoms with Gasteiger partial charge in [0.05, 0.1) is 26.5 Å². The van der Waals surface area contributed by atoms with Crippen molar-refractivity contribution in [2.75, 3.05) is 14.2 Å². The predicted octanol–water partition coefficient (Wildman–Crippen LogP) is 2.03. The van der Waals surface area contributed by atoms with Crippen LogP contribution in [-0.2, 0) is 9.59 Å². The molecule has 0 radical (unpaired) electrons. The Morgan fingerprint density at radius 1 is 1.00 bits per heavy atom. The molecule has 2 aromatic rings. The number of carbonyl (C=O) groups is 2.